The maximum Gasteiger partial charge on any atom is 0.119 e. The molecule has 0 aliphatic heterocycles. The van der Waals surface area contributed by atoms with Crippen molar-refractivity contribution in [1.82, 2.24) is 5.73 Å². The summed E-state index contributed by atoms with van der Waals surface area (Å²) in [6.45, 7) is 4.09. The summed E-state index contributed by atoms with van der Waals surface area (Å²) in [5.74, 6) is 1.61. The van der Waals surface area contributed by atoms with Gasteiger partial charge in [-0.3, -0.25) is 5.73 Å². The van der Waals surface area contributed by atoms with Crippen LogP contribution >= 0.6 is 0 Å². The number of benzene rings is 1. The van der Waals surface area contributed by atoms with Gasteiger partial charge < -0.3 is 4.74 Å². The lowest BCUT2D eigenvalue weighted by Crippen LogP contribution is -2.18. The third-order valence-corrected chi connectivity index (χ3v) is 3.45. The first-order valence-corrected chi connectivity index (χ1v) is 6.63. The minimum Gasteiger partial charge on any atom is -0.491 e. The van der Waals surface area contributed by atoms with Crippen molar-refractivity contribution in [3.05, 3.63) is 29.8 Å². The first kappa shape index (κ1) is 12.4. The van der Waals surface area contributed by atoms with Crippen LogP contribution in [0.4, 0.5) is 0 Å². The average Bonchev–Trinajstić information content (AvgIpc) is 2.30. The van der Waals surface area contributed by atoms with Crippen LogP contribution in [0.25, 0.3) is 0 Å². The lowest BCUT2D eigenvalue weighted by atomic mass is 9.82. The third-order valence-electron chi connectivity index (χ3n) is 3.45. The van der Waals surface area contributed by atoms with Gasteiger partial charge in [-0.2, -0.15) is 0 Å². The number of nitrogens with one attached hydrogen (secondary N) is 1. The molecule has 1 aromatic rings. The molecule has 0 atom stereocenters. The van der Waals surface area contributed by atoms with E-state index >= 15 is 0 Å². The summed E-state index contributed by atoms with van der Waals surface area (Å²) in [5.41, 5.74) is 9.13. The van der Waals surface area contributed by atoms with Crippen LogP contribution in [0.15, 0.2) is 24.3 Å². The molecule has 1 N–H and O–H groups in total. The van der Waals surface area contributed by atoms with Gasteiger partial charge in [-0.15, -0.1) is 0 Å². The summed E-state index contributed by atoms with van der Waals surface area (Å²) in [7, 11) is 0. The summed E-state index contributed by atoms with van der Waals surface area (Å²) in [6, 6.07) is 8.69. The molecule has 0 spiro atoms. The van der Waals surface area contributed by atoms with Crippen LogP contribution in [0, 0.1) is 0 Å². The van der Waals surface area contributed by atoms with Crippen molar-refractivity contribution in [1.29, 1.82) is 0 Å². The Labute approximate surface area is 104 Å². The van der Waals surface area contributed by atoms with E-state index in [0.29, 0.717) is 5.92 Å². The maximum absolute atomic E-state index is 7.72. The Hall–Kier alpha value is -1.02. The molecular weight excluding hydrogens is 210 g/mol. The van der Waals surface area contributed by atoms with Crippen molar-refractivity contribution in [3.8, 4) is 5.75 Å². The van der Waals surface area contributed by atoms with Gasteiger partial charge in [0.05, 0.1) is 6.10 Å². The van der Waals surface area contributed by atoms with E-state index in [4.69, 9.17) is 10.5 Å². The number of ether oxygens (including phenoxy) is 1. The fourth-order valence-corrected chi connectivity index (χ4v) is 2.52. The average molecular weight is 232 g/mol. The lowest BCUT2D eigenvalue weighted by Gasteiger charge is -2.26. The van der Waals surface area contributed by atoms with Gasteiger partial charge in [0, 0.05) is 6.04 Å². The van der Waals surface area contributed by atoms with E-state index in [2.05, 4.69) is 24.3 Å². The molecule has 0 bridgehead atoms. The fraction of sp³-hybridized carbons (Fsp3) is 0.600. The SMILES string of the molecule is CC(C)Oc1ccc([C@H]2CC[C@@H]([NH])CC2)cc1. The largest absolute Gasteiger partial charge is 0.491 e. The minimum absolute atomic E-state index is 0.176. The van der Waals surface area contributed by atoms with Gasteiger partial charge in [0.2, 0.25) is 0 Å². The molecule has 2 nitrogen and oxygen atoms in total. The Balaban J connectivity index is 1.97. The van der Waals surface area contributed by atoms with E-state index in [0.717, 1.165) is 18.6 Å². The molecule has 0 amide bonds. The van der Waals surface area contributed by atoms with Gasteiger partial charge >= 0.3 is 0 Å². The minimum atomic E-state index is 0.176. The molecule has 1 radical (unpaired) electrons. The van der Waals surface area contributed by atoms with Gasteiger partial charge in [0.1, 0.15) is 5.75 Å². The van der Waals surface area contributed by atoms with Gasteiger partial charge in [-0.05, 0) is 63.1 Å². The van der Waals surface area contributed by atoms with Crippen molar-refractivity contribution in [2.24, 2.45) is 0 Å². The van der Waals surface area contributed by atoms with E-state index in [1.54, 1.807) is 0 Å². The maximum atomic E-state index is 7.72. The smallest absolute Gasteiger partial charge is 0.119 e. The third kappa shape index (κ3) is 3.47. The van der Waals surface area contributed by atoms with Crippen molar-refractivity contribution in [2.75, 3.05) is 0 Å². The fourth-order valence-electron chi connectivity index (χ4n) is 2.52. The Morgan fingerprint density at radius 3 is 2.18 bits per heavy atom. The van der Waals surface area contributed by atoms with E-state index in [-0.39, 0.29) is 12.1 Å². The molecule has 17 heavy (non-hydrogen) atoms. The highest BCUT2D eigenvalue weighted by Gasteiger charge is 2.20. The predicted octanol–water partition coefficient (Wildman–Crippen LogP) is 3.78. The van der Waals surface area contributed by atoms with E-state index < -0.39 is 0 Å². The summed E-state index contributed by atoms with van der Waals surface area (Å²) in [4.78, 5) is 0. The van der Waals surface area contributed by atoms with Gasteiger partial charge in [-0.1, -0.05) is 12.1 Å². The lowest BCUT2D eigenvalue weighted by molar-refractivity contribution is 0.242. The van der Waals surface area contributed by atoms with Crippen molar-refractivity contribution in [2.45, 2.75) is 57.6 Å². The molecule has 1 fully saturated rings. The topological polar surface area (TPSA) is 33.0 Å². The van der Waals surface area contributed by atoms with E-state index in [9.17, 15) is 0 Å². The van der Waals surface area contributed by atoms with Gasteiger partial charge in [0.15, 0.2) is 0 Å². The van der Waals surface area contributed by atoms with Crippen LogP contribution in [0.5, 0.6) is 5.75 Å². The molecule has 2 heteroatoms. The molecule has 0 saturated heterocycles. The van der Waals surface area contributed by atoms with Crippen molar-refractivity contribution in [3.63, 3.8) is 0 Å². The Morgan fingerprint density at radius 1 is 1.06 bits per heavy atom. The van der Waals surface area contributed by atoms with Crippen molar-refractivity contribution < 1.29 is 4.74 Å². The zero-order chi connectivity index (χ0) is 12.3. The number of hydrogen-bond donors (Lipinski definition) is 0. The summed E-state index contributed by atoms with van der Waals surface area (Å²) >= 11 is 0. The van der Waals surface area contributed by atoms with E-state index in [1.807, 2.05) is 13.8 Å². The predicted molar refractivity (Wildman–Crippen MR) is 70.3 cm³/mol. The zero-order valence-electron chi connectivity index (χ0n) is 10.8. The second kappa shape index (κ2) is 5.54. The number of hydrogen-bond acceptors (Lipinski definition) is 1. The van der Waals surface area contributed by atoms with Crippen LogP contribution in [-0.2, 0) is 0 Å². The molecule has 0 heterocycles. The molecule has 2 rings (SSSR count). The van der Waals surface area contributed by atoms with Crippen LogP contribution in [0.2, 0.25) is 0 Å². The summed E-state index contributed by atoms with van der Waals surface area (Å²) in [5, 5.41) is 0. The molecule has 0 aromatic heterocycles. The highest BCUT2D eigenvalue weighted by atomic mass is 16.5. The molecule has 1 aromatic carbocycles. The highest BCUT2D eigenvalue weighted by molar-refractivity contribution is 5.29. The van der Waals surface area contributed by atoms with E-state index in [1.165, 1.54) is 18.4 Å². The Morgan fingerprint density at radius 2 is 1.65 bits per heavy atom. The van der Waals surface area contributed by atoms with Crippen molar-refractivity contribution >= 4 is 0 Å². The molecule has 1 aliphatic carbocycles. The monoisotopic (exact) mass is 232 g/mol. The molecular formula is C15H22NO. The molecule has 1 saturated carbocycles. The standard InChI is InChI=1S/C15H22NO/c1-11(2)17-15-9-5-13(6-10-15)12-3-7-14(16)8-4-12/h5-6,9-12,14,16H,3-4,7-8H2,1-2H3/t12-,14+. The molecule has 1 aliphatic rings. The molecule has 93 valence electrons. The normalized spacial score (nSPS) is 24.9. The van der Waals surface area contributed by atoms with Gasteiger partial charge in [-0.25, -0.2) is 0 Å². The number of rotatable bonds is 3. The zero-order valence-corrected chi connectivity index (χ0v) is 10.8. The summed E-state index contributed by atoms with van der Waals surface area (Å²) < 4.78 is 5.64. The van der Waals surface area contributed by atoms with Crippen LogP contribution in [0.1, 0.15) is 51.0 Å². The Bertz CT molecular complexity index is 336. The first-order chi connectivity index (χ1) is 8.15. The second-order valence-electron chi connectivity index (χ2n) is 5.28. The molecule has 0 unspecified atom stereocenters. The highest BCUT2D eigenvalue weighted by Crippen LogP contribution is 2.33. The van der Waals surface area contributed by atoms with Crippen LogP contribution in [-0.4, -0.2) is 12.1 Å². The van der Waals surface area contributed by atoms with Crippen LogP contribution < -0.4 is 10.5 Å². The van der Waals surface area contributed by atoms with Crippen LogP contribution in [0.3, 0.4) is 0 Å². The van der Waals surface area contributed by atoms with Gasteiger partial charge in [0.25, 0.3) is 0 Å². The second-order valence-corrected chi connectivity index (χ2v) is 5.28. The summed E-state index contributed by atoms with van der Waals surface area (Å²) in [6.07, 6.45) is 4.67. The first-order valence-electron chi connectivity index (χ1n) is 6.63. The quantitative estimate of drug-likeness (QED) is 0.780. The Kier molecular flexibility index (Phi) is 4.06.